The van der Waals surface area contributed by atoms with Gasteiger partial charge >= 0.3 is 0 Å². The van der Waals surface area contributed by atoms with Crippen molar-refractivity contribution in [1.29, 1.82) is 0 Å². The third-order valence-electron chi connectivity index (χ3n) is 4.46. The Bertz CT molecular complexity index is 451. The maximum absolute atomic E-state index is 13.9. The van der Waals surface area contributed by atoms with Gasteiger partial charge in [-0.05, 0) is 56.9 Å². The van der Waals surface area contributed by atoms with Crippen LogP contribution in [0.4, 0.5) is 10.1 Å². The molecule has 1 fully saturated rings. The van der Waals surface area contributed by atoms with E-state index in [9.17, 15) is 4.39 Å². The van der Waals surface area contributed by atoms with Gasteiger partial charge in [0.2, 0.25) is 0 Å². The maximum atomic E-state index is 13.9. The summed E-state index contributed by atoms with van der Waals surface area (Å²) in [6, 6.07) is 4.04. The van der Waals surface area contributed by atoms with E-state index in [0.29, 0.717) is 11.6 Å². The number of nitrogens with zero attached hydrogens (tertiary/aromatic N) is 1. The first-order valence-corrected chi connectivity index (χ1v) is 7.86. The molecular weight excluding hydrogens is 251 g/mol. The molecule has 0 amide bonds. The van der Waals surface area contributed by atoms with Crippen LogP contribution in [0.5, 0.6) is 0 Å². The Morgan fingerprint density at radius 2 is 1.95 bits per heavy atom. The summed E-state index contributed by atoms with van der Waals surface area (Å²) in [6.45, 7) is 6.90. The molecular formula is C17H27FN2. The van der Waals surface area contributed by atoms with Crippen LogP contribution in [0.1, 0.15) is 63.1 Å². The second-order valence-electron chi connectivity index (χ2n) is 6.03. The molecule has 0 radical (unpaired) electrons. The number of anilines is 1. The van der Waals surface area contributed by atoms with Gasteiger partial charge in [-0.15, -0.1) is 0 Å². The highest BCUT2D eigenvalue weighted by atomic mass is 19.1. The fourth-order valence-electron chi connectivity index (χ4n) is 3.31. The van der Waals surface area contributed by atoms with Crippen LogP contribution < -0.4 is 10.6 Å². The average Bonchev–Trinajstić information content (AvgIpc) is 2.44. The topological polar surface area (TPSA) is 29.3 Å². The summed E-state index contributed by atoms with van der Waals surface area (Å²) in [5.74, 6) is -0.152. The zero-order valence-electron chi connectivity index (χ0n) is 13.0. The summed E-state index contributed by atoms with van der Waals surface area (Å²) in [6.07, 6.45) is 6.42. The molecule has 0 bridgehead atoms. The second kappa shape index (κ2) is 6.57. The van der Waals surface area contributed by atoms with Gasteiger partial charge in [-0.2, -0.15) is 0 Å². The standard InChI is InChI=1S/C17H27FN2/c1-4-20(14-8-6-5-7-9-14)17-10-12(2)16(18)11-15(17)13(3)19/h10-11,13-14H,4-9,19H2,1-3H3. The van der Waals surface area contributed by atoms with Crippen LogP contribution in [0.15, 0.2) is 12.1 Å². The van der Waals surface area contributed by atoms with Gasteiger partial charge in [-0.3, -0.25) is 0 Å². The lowest BCUT2D eigenvalue weighted by Gasteiger charge is -2.37. The molecule has 1 aromatic rings. The minimum Gasteiger partial charge on any atom is -0.369 e. The van der Waals surface area contributed by atoms with Gasteiger partial charge in [-0.1, -0.05) is 19.3 Å². The van der Waals surface area contributed by atoms with Gasteiger partial charge in [0.15, 0.2) is 0 Å². The van der Waals surface area contributed by atoms with Crippen LogP contribution in [-0.2, 0) is 0 Å². The Kier molecular flexibility index (Phi) is 5.03. The number of halogens is 1. The smallest absolute Gasteiger partial charge is 0.126 e. The Morgan fingerprint density at radius 1 is 1.30 bits per heavy atom. The number of nitrogens with two attached hydrogens (primary N) is 1. The van der Waals surface area contributed by atoms with Gasteiger partial charge in [-0.25, -0.2) is 4.39 Å². The molecule has 0 saturated heterocycles. The van der Waals surface area contributed by atoms with E-state index in [0.717, 1.165) is 17.8 Å². The summed E-state index contributed by atoms with van der Waals surface area (Å²) in [4.78, 5) is 2.43. The van der Waals surface area contributed by atoms with Crippen molar-refractivity contribution in [2.24, 2.45) is 5.73 Å². The van der Waals surface area contributed by atoms with Crippen LogP contribution in [0, 0.1) is 12.7 Å². The maximum Gasteiger partial charge on any atom is 0.126 e. The molecule has 0 heterocycles. The molecule has 1 aliphatic rings. The highest BCUT2D eigenvalue weighted by Gasteiger charge is 2.23. The van der Waals surface area contributed by atoms with Crippen molar-refractivity contribution in [2.45, 2.75) is 65.0 Å². The third kappa shape index (κ3) is 3.14. The quantitative estimate of drug-likeness (QED) is 0.889. The largest absolute Gasteiger partial charge is 0.369 e. The first kappa shape index (κ1) is 15.3. The Balaban J connectivity index is 2.39. The fourth-order valence-corrected chi connectivity index (χ4v) is 3.31. The summed E-state index contributed by atoms with van der Waals surface area (Å²) >= 11 is 0. The highest BCUT2D eigenvalue weighted by Crippen LogP contribution is 2.33. The molecule has 1 atom stereocenters. The number of hydrogen-bond donors (Lipinski definition) is 1. The first-order chi connectivity index (χ1) is 9.54. The molecule has 2 nitrogen and oxygen atoms in total. The van der Waals surface area contributed by atoms with Crippen LogP contribution in [0.3, 0.4) is 0 Å². The fraction of sp³-hybridized carbons (Fsp3) is 0.647. The molecule has 0 aliphatic heterocycles. The molecule has 0 aromatic heterocycles. The van der Waals surface area contributed by atoms with Crippen molar-refractivity contribution in [3.63, 3.8) is 0 Å². The summed E-state index contributed by atoms with van der Waals surface area (Å²) in [5, 5.41) is 0. The Hall–Kier alpha value is -1.09. The van der Waals surface area contributed by atoms with Crippen LogP contribution >= 0.6 is 0 Å². The molecule has 1 aliphatic carbocycles. The lowest BCUT2D eigenvalue weighted by atomic mass is 9.92. The van der Waals surface area contributed by atoms with E-state index in [1.54, 1.807) is 6.07 Å². The Labute approximate surface area is 122 Å². The van der Waals surface area contributed by atoms with Gasteiger partial charge < -0.3 is 10.6 Å². The molecule has 3 heteroatoms. The van der Waals surface area contributed by atoms with E-state index >= 15 is 0 Å². The van der Waals surface area contributed by atoms with E-state index in [1.807, 2.05) is 19.9 Å². The molecule has 2 rings (SSSR count). The van der Waals surface area contributed by atoms with E-state index in [-0.39, 0.29) is 11.9 Å². The zero-order chi connectivity index (χ0) is 14.7. The summed E-state index contributed by atoms with van der Waals surface area (Å²) in [5.41, 5.74) is 8.83. The minimum absolute atomic E-state index is 0.141. The molecule has 0 spiro atoms. The van der Waals surface area contributed by atoms with Crippen molar-refractivity contribution in [1.82, 2.24) is 0 Å². The highest BCUT2D eigenvalue weighted by molar-refractivity contribution is 5.57. The monoisotopic (exact) mass is 278 g/mol. The lowest BCUT2D eigenvalue weighted by Crippen LogP contribution is -2.37. The molecule has 20 heavy (non-hydrogen) atoms. The van der Waals surface area contributed by atoms with Crippen LogP contribution in [0.25, 0.3) is 0 Å². The third-order valence-corrected chi connectivity index (χ3v) is 4.46. The molecule has 1 aromatic carbocycles. The summed E-state index contributed by atoms with van der Waals surface area (Å²) in [7, 11) is 0. The lowest BCUT2D eigenvalue weighted by molar-refractivity contribution is 0.417. The van der Waals surface area contributed by atoms with Gasteiger partial charge in [0, 0.05) is 24.3 Å². The number of rotatable bonds is 4. The number of benzene rings is 1. The predicted octanol–water partition coefficient (Wildman–Crippen LogP) is 4.31. The molecule has 1 unspecified atom stereocenters. The van der Waals surface area contributed by atoms with Gasteiger partial charge in [0.1, 0.15) is 5.82 Å². The SMILES string of the molecule is CCN(c1cc(C)c(F)cc1C(C)N)C1CCCCC1. The minimum atomic E-state index is -0.152. The van der Waals surface area contributed by atoms with E-state index in [4.69, 9.17) is 5.73 Å². The first-order valence-electron chi connectivity index (χ1n) is 7.86. The van der Waals surface area contributed by atoms with Crippen molar-refractivity contribution in [2.75, 3.05) is 11.4 Å². The van der Waals surface area contributed by atoms with Crippen molar-refractivity contribution in [3.8, 4) is 0 Å². The van der Waals surface area contributed by atoms with E-state index in [2.05, 4.69) is 11.8 Å². The van der Waals surface area contributed by atoms with Crippen molar-refractivity contribution >= 4 is 5.69 Å². The van der Waals surface area contributed by atoms with E-state index in [1.165, 1.54) is 32.1 Å². The van der Waals surface area contributed by atoms with Crippen LogP contribution in [0.2, 0.25) is 0 Å². The summed E-state index contributed by atoms with van der Waals surface area (Å²) < 4.78 is 13.9. The second-order valence-corrected chi connectivity index (χ2v) is 6.03. The van der Waals surface area contributed by atoms with Crippen LogP contribution in [-0.4, -0.2) is 12.6 Å². The number of hydrogen-bond acceptors (Lipinski definition) is 2. The number of aryl methyl sites for hydroxylation is 1. The van der Waals surface area contributed by atoms with Gasteiger partial charge in [0.25, 0.3) is 0 Å². The normalized spacial score (nSPS) is 18.1. The zero-order valence-corrected chi connectivity index (χ0v) is 13.0. The van der Waals surface area contributed by atoms with Crippen molar-refractivity contribution < 1.29 is 4.39 Å². The Morgan fingerprint density at radius 3 is 2.50 bits per heavy atom. The van der Waals surface area contributed by atoms with Crippen molar-refractivity contribution in [3.05, 3.63) is 29.1 Å². The average molecular weight is 278 g/mol. The molecule has 2 N–H and O–H groups in total. The van der Waals surface area contributed by atoms with Gasteiger partial charge in [0.05, 0.1) is 0 Å². The predicted molar refractivity (Wildman–Crippen MR) is 83.6 cm³/mol. The molecule has 112 valence electrons. The van der Waals surface area contributed by atoms with E-state index < -0.39 is 0 Å². The molecule has 1 saturated carbocycles.